The molecule has 0 heterocycles. The number of carbonyl (C=O) groups excluding carboxylic acids is 1. The van der Waals surface area contributed by atoms with Gasteiger partial charge in [0.1, 0.15) is 6.10 Å². The maximum absolute atomic E-state index is 11.4. The number of carbonyl (C=O) groups is 1. The van der Waals surface area contributed by atoms with Crippen LogP contribution in [0, 0.1) is 10.1 Å². The van der Waals surface area contributed by atoms with E-state index in [2.05, 4.69) is 0 Å². The lowest BCUT2D eigenvalue weighted by molar-refractivity contribution is -0.386. The number of nitro benzene ring substituents is 1. The van der Waals surface area contributed by atoms with E-state index < -0.39 is 22.5 Å². The molecule has 1 aliphatic rings. The Labute approximate surface area is 126 Å². The van der Waals surface area contributed by atoms with Crippen LogP contribution in [0.1, 0.15) is 25.7 Å². The van der Waals surface area contributed by atoms with Crippen LogP contribution in [-0.4, -0.2) is 22.5 Å². The number of ether oxygens (including phenoxy) is 1. The van der Waals surface area contributed by atoms with E-state index in [-0.39, 0.29) is 17.9 Å². The predicted molar refractivity (Wildman–Crippen MR) is 77.1 cm³/mol. The maximum Gasteiger partial charge on any atom is 0.311 e. The molecule has 1 fully saturated rings. The van der Waals surface area contributed by atoms with E-state index in [4.69, 9.17) is 27.8 Å². The molecular formula is C13H16ClN3O4. The van der Waals surface area contributed by atoms with Gasteiger partial charge in [-0.2, -0.15) is 0 Å². The smallest absolute Gasteiger partial charge is 0.311 e. The summed E-state index contributed by atoms with van der Waals surface area (Å²) in [5.74, 6) is -0.511. The molecule has 21 heavy (non-hydrogen) atoms. The summed E-state index contributed by atoms with van der Waals surface area (Å²) < 4.78 is 5.66. The molecule has 0 aliphatic heterocycles. The lowest BCUT2D eigenvalue weighted by Gasteiger charge is -2.35. The van der Waals surface area contributed by atoms with Gasteiger partial charge in [0.25, 0.3) is 0 Å². The average Bonchev–Trinajstić information content (AvgIpc) is 2.38. The molecule has 1 amide bonds. The molecule has 0 spiro atoms. The third-order valence-corrected chi connectivity index (χ3v) is 3.88. The molecule has 7 nitrogen and oxygen atoms in total. The molecule has 1 saturated carbocycles. The van der Waals surface area contributed by atoms with Gasteiger partial charge in [0.2, 0.25) is 5.91 Å². The van der Waals surface area contributed by atoms with Crippen molar-refractivity contribution in [3.05, 3.63) is 33.3 Å². The number of hydrogen-bond acceptors (Lipinski definition) is 5. The summed E-state index contributed by atoms with van der Waals surface area (Å²) in [6.07, 6.45) is 1.62. The second-order valence-corrected chi connectivity index (χ2v) is 5.66. The lowest BCUT2D eigenvalue weighted by Crippen LogP contribution is -2.56. The summed E-state index contributed by atoms with van der Waals surface area (Å²) in [5.41, 5.74) is 9.97. The predicted octanol–water partition coefficient (Wildman–Crippen LogP) is 1.75. The molecule has 4 N–H and O–H groups in total. The van der Waals surface area contributed by atoms with Crippen LogP contribution in [-0.2, 0) is 4.79 Å². The van der Waals surface area contributed by atoms with Gasteiger partial charge in [0, 0.05) is 23.6 Å². The summed E-state index contributed by atoms with van der Waals surface area (Å²) in [4.78, 5) is 21.9. The molecule has 2 rings (SSSR count). The Morgan fingerprint density at radius 1 is 1.52 bits per heavy atom. The topological polar surface area (TPSA) is 121 Å². The third kappa shape index (κ3) is 3.43. The fourth-order valence-electron chi connectivity index (χ4n) is 2.49. The Morgan fingerprint density at radius 2 is 2.24 bits per heavy atom. The van der Waals surface area contributed by atoms with Gasteiger partial charge >= 0.3 is 5.69 Å². The van der Waals surface area contributed by atoms with Crippen molar-refractivity contribution in [1.29, 1.82) is 0 Å². The van der Waals surface area contributed by atoms with E-state index in [1.54, 1.807) is 0 Å². The molecule has 2 unspecified atom stereocenters. The van der Waals surface area contributed by atoms with Crippen molar-refractivity contribution < 1.29 is 14.5 Å². The van der Waals surface area contributed by atoms with Gasteiger partial charge in [-0.25, -0.2) is 0 Å². The van der Waals surface area contributed by atoms with Crippen LogP contribution in [0.5, 0.6) is 5.75 Å². The van der Waals surface area contributed by atoms with Crippen LogP contribution in [0.15, 0.2) is 18.2 Å². The van der Waals surface area contributed by atoms with Crippen molar-refractivity contribution in [3.63, 3.8) is 0 Å². The third-order valence-electron chi connectivity index (χ3n) is 3.64. The minimum absolute atomic E-state index is 0.0752. The number of halogens is 1. The SMILES string of the molecule is NC(=O)C1(N)CCCC(Oc2cc(Cl)ccc2[N+](=O)[O-])C1. The normalized spacial score (nSPS) is 25.3. The van der Waals surface area contributed by atoms with Gasteiger partial charge < -0.3 is 16.2 Å². The van der Waals surface area contributed by atoms with Crippen molar-refractivity contribution in [2.24, 2.45) is 11.5 Å². The summed E-state index contributed by atoms with van der Waals surface area (Å²) in [5, 5.41) is 11.3. The second kappa shape index (κ2) is 5.87. The van der Waals surface area contributed by atoms with Gasteiger partial charge in [0.15, 0.2) is 5.75 Å². The molecule has 1 aromatic rings. The van der Waals surface area contributed by atoms with E-state index >= 15 is 0 Å². The van der Waals surface area contributed by atoms with E-state index in [0.29, 0.717) is 24.3 Å². The van der Waals surface area contributed by atoms with E-state index in [9.17, 15) is 14.9 Å². The van der Waals surface area contributed by atoms with Gasteiger partial charge in [-0.1, -0.05) is 11.6 Å². The number of nitrogens with two attached hydrogens (primary N) is 2. The molecule has 0 aromatic heterocycles. The van der Waals surface area contributed by atoms with Crippen LogP contribution >= 0.6 is 11.6 Å². The van der Waals surface area contributed by atoms with Gasteiger partial charge in [-0.3, -0.25) is 14.9 Å². The number of nitrogens with zero attached hydrogens (tertiary/aromatic N) is 1. The first-order chi connectivity index (χ1) is 9.82. The molecule has 114 valence electrons. The highest BCUT2D eigenvalue weighted by Crippen LogP contribution is 2.35. The fraction of sp³-hybridized carbons (Fsp3) is 0.462. The quantitative estimate of drug-likeness (QED) is 0.647. The van der Waals surface area contributed by atoms with Crippen LogP contribution in [0.2, 0.25) is 5.02 Å². The van der Waals surface area contributed by atoms with E-state index in [0.717, 1.165) is 0 Å². The van der Waals surface area contributed by atoms with Gasteiger partial charge in [0.05, 0.1) is 10.5 Å². The molecule has 0 saturated heterocycles. The van der Waals surface area contributed by atoms with Crippen LogP contribution < -0.4 is 16.2 Å². The van der Waals surface area contributed by atoms with Crippen molar-refractivity contribution >= 4 is 23.2 Å². The van der Waals surface area contributed by atoms with Crippen LogP contribution in [0.25, 0.3) is 0 Å². The highest BCUT2D eigenvalue weighted by Gasteiger charge is 2.39. The van der Waals surface area contributed by atoms with Crippen molar-refractivity contribution in [3.8, 4) is 5.75 Å². The van der Waals surface area contributed by atoms with E-state index in [1.165, 1.54) is 18.2 Å². The molecule has 2 atom stereocenters. The van der Waals surface area contributed by atoms with Crippen molar-refractivity contribution in [2.75, 3.05) is 0 Å². The number of amides is 1. The number of rotatable bonds is 4. The number of primary amides is 1. The lowest BCUT2D eigenvalue weighted by atomic mass is 9.80. The molecule has 1 aliphatic carbocycles. The monoisotopic (exact) mass is 313 g/mol. The van der Waals surface area contributed by atoms with E-state index in [1.807, 2.05) is 0 Å². The van der Waals surface area contributed by atoms with Crippen LogP contribution in [0.4, 0.5) is 5.69 Å². The Morgan fingerprint density at radius 3 is 2.86 bits per heavy atom. The number of benzene rings is 1. The number of hydrogen-bond donors (Lipinski definition) is 2. The van der Waals surface area contributed by atoms with Gasteiger partial charge in [-0.05, 0) is 25.3 Å². The molecule has 1 aromatic carbocycles. The zero-order valence-electron chi connectivity index (χ0n) is 11.3. The van der Waals surface area contributed by atoms with Crippen LogP contribution in [0.3, 0.4) is 0 Å². The Hall–Kier alpha value is -1.86. The largest absolute Gasteiger partial charge is 0.483 e. The number of nitro groups is 1. The first-order valence-corrected chi connectivity index (χ1v) is 6.89. The molecule has 0 radical (unpaired) electrons. The zero-order valence-corrected chi connectivity index (χ0v) is 12.0. The Kier molecular flexibility index (Phi) is 4.34. The summed E-state index contributed by atoms with van der Waals surface area (Å²) in [6, 6.07) is 4.09. The summed E-state index contributed by atoms with van der Waals surface area (Å²) in [7, 11) is 0. The minimum atomic E-state index is -1.13. The standard InChI is InChI=1S/C13H16ClN3O4/c14-8-3-4-10(17(19)20)11(6-8)21-9-2-1-5-13(16,7-9)12(15)18/h3-4,6,9H,1-2,5,7,16H2,(H2,15,18). The molecule has 8 heteroatoms. The zero-order chi connectivity index (χ0) is 15.6. The maximum atomic E-state index is 11.4. The van der Waals surface area contributed by atoms with Crippen molar-refractivity contribution in [2.45, 2.75) is 37.3 Å². The Bertz CT molecular complexity index is 581. The first kappa shape index (κ1) is 15.5. The minimum Gasteiger partial charge on any atom is -0.483 e. The van der Waals surface area contributed by atoms with Gasteiger partial charge in [-0.15, -0.1) is 0 Å². The average molecular weight is 314 g/mol. The fourth-order valence-corrected chi connectivity index (χ4v) is 2.65. The molecular weight excluding hydrogens is 298 g/mol. The second-order valence-electron chi connectivity index (χ2n) is 5.23. The van der Waals surface area contributed by atoms with Crippen molar-refractivity contribution in [1.82, 2.24) is 0 Å². The highest BCUT2D eigenvalue weighted by atomic mass is 35.5. The summed E-state index contributed by atoms with van der Waals surface area (Å²) >= 11 is 5.84. The molecule has 0 bridgehead atoms. The summed E-state index contributed by atoms with van der Waals surface area (Å²) in [6.45, 7) is 0. The first-order valence-electron chi connectivity index (χ1n) is 6.51. The Balaban J connectivity index is 2.20. The highest BCUT2D eigenvalue weighted by molar-refractivity contribution is 6.30.